The number of nitrogens with zero attached hydrogens (tertiary/aromatic N) is 3. The molecule has 2 aromatic heterocycles. The molecular formula is C24H24N4O3S. The first-order valence-electron chi connectivity index (χ1n) is 10.7. The monoisotopic (exact) mass is 448 g/mol. The van der Waals surface area contributed by atoms with Crippen LogP contribution in [0.25, 0.3) is 22.2 Å². The molecule has 0 spiro atoms. The number of anilines is 1. The zero-order valence-electron chi connectivity index (χ0n) is 17.8. The lowest BCUT2D eigenvalue weighted by atomic mass is 10.1. The molecule has 1 N–H and O–H groups in total. The molecule has 1 atom stereocenters. The number of aromatic nitrogens is 3. The highest BCUT2D eigenvalue weighted by Gasteiger charge is 2.23. The Morgan fingerprint density at radius 3 is 2.88 bits per heavy atom. The van der Waals surface area contributed by atoms with Gasteiger partial charge in [0.1, 0.15) is 5.76 Å². The summed E-state index contributed by atoms with van der Waals surface area (Å²) in [5.74, 6) is 1.68. The molecule has 1 fully saturated rings. The van der Waals surface area contributed by atoms with Crippen molar-refractivity contribution < 1.29 is 13.9 Å². The summed E-state index contributed by atoms with van der Waals surface area (Å²) in [6.45, 7) is 3.34. The molecule has 1 aliphatic heterocycles. The minimum atomic E-state index is -0.0842. The number of thioether (sulfide) groups is 1. The van der Waals surface area contributed by atoms with Crippen LogP contribution in [-0.4, -0.2) is 39.1 Å². The third-order valence-electron chi connectivity index (χ3n) is 5.62. The minimum Gasteiger partial charge on any atom is -0.469 e. The Morgan fingerprint density at radius 1 is 1.19 bits per heavy atom. The fourth-order valence-electron chi connectivity index (χ4n) is 4.02. The van der Waals surface area contributed by atoms with E-state index < -0.39 is 0 Å². The van der Waals surface area contributed by atoms with Crippen LogP contribution in [0.2, 0.25) is 0 Å². The Labute approximate surface area is 190 Å². The molecule has 1 saturated heterocycles. The summed E-state index contributed by atoms with van der Waals surface area (Å²) >= 11 is 1.38. The maximum atomic E-state index is 12.7. The number of carbonyl (C=O) groups excluding carboxylic acids is 1. The summed E-state index contributed by atoms with van der Waals surface area (Å²) in [5.41, 5.74) is 1.71. The van der Waals surface area contributed by atoms with Crippen LogP contribution >= 0.6 is 11.8 Å². The number of aryl methyl sites for hydroxylation is 1. The number of nitrogens with one attached hydrogen (secondary N) is 1. The number of rotatable bonds is 7. The highest BCUT2D eigenvalue weighted by atomic mass is 32.2. The topological polar surface area (TPSA) is 82.2 Å². The van der Waals surface area contributed by atoms with Crippen molar-refractivity contribution in [3.8, 4) is 11.4 Å². The Kier molecular flexibility index (Phi) is 5.96. The van der Waals surface area contributed by atoms with Gasteiger partial charge in [-0.15, -0.1) is 10.2 Å². The molecular weight excluding hydrogens is 424 g/mol. The van der Waals surface area contributed by atoms with Gasteiger partial charge in [0, 0.05) is 17.7 Å². The fourth-order valence-corrected chi connectivity index (χ4v) is 4.77. The summed E-state index contributed by atoms with van der Waals surface area (Å²) in [5, 5.41) is 14.6. The van der Waals surface area contributed by atoms with Crippen LogP contribution in [-0.2, 0) is 16.1 Å². The van der Waals surface area contributed by atoms with E-state index in [-0.39, 0.29) is 17.8 Å². The molecule has 0 bridgehead atoms. The van der Waals surface area contributed by atoms with Crippen LogP contribution in [0.4, 0.5) is 5.69 Å². The molecule has 5 rings (SSSR count). The largest absolute Gasteiger partial charge is 0.469 e. The van der Waals surface area contributed by atoms with Crippen molar-refractivity contribution in [3.63, 3.8) is 0 Å². The van der Waals surface area contributed by atoms with Crippen LogP contribution in [0.3, 0.4) is 0 Å². The molecule has 1 aliphatic rings. The lowest BCUT2D eigenvalue weighted by Gasteiger charge is -2.14. The smallest absolute Gasteiger partial charge is 0.234 e. The first-order chi connectivity index (χ1) is 15.7. The Morgan fingerprint density at radius 2 is 2.06 bits per heavy atom. The van der Waals surface area contributed by atoms with Crippen LogP contribution < -0.4 is 5.32 Å². The molecule has 7 nitrogen and oxygen atoms in total. The molecule has 32 heavy (non-hydrogen) atoms. The van der Waals surface area contributed by atoms with Crippen molar-refractivity contribution in [1.82, 2.24) is 14.8 Å². The maximum absolute atomic E-state index is 12.7. The van der Waals surface area contributed by atoms with E-state index >= 15 is 0 Å². The molecule has 0 aliphatic carbocycles. The predicted octanol–water partition coefficient (Wildman–Crippen LogP) is 4.91. The normalized spacial score (nSPS) is 16.0. The third kappa shape index (κ3) is 4.28. The van der Waals surface area contributed by atoms with E-state index in [2.05, 4.69) is 15.5 Å². The molecule has 4 aromatic rings. The van der Waals surface area contributed by atoms with E-state index in [1.807, 2.05) is 60.0 Å². The van der Waals surface area contributed by atoms with Crippen LogP contribution in [0.15, 0.2) is 64.4 Å². The van der Waals surface area contributed by atoms with E-state index in [4.69, 9.17) is 9.15 Å². The maximum Gasteiger partial charge on any atom is 0.234 e. The summed E-state index contributed by atoms with van der Waals surface area (Å²) in [6, 6.07) is 15.8. The van der Waals surface area contributed by atoms with E-state index in [1.54, 1.807) is 6.26 Å². The standard InChI is InChI=1S/C24H24N4O3S/c1-16-19(11-13-30-16)23-26-27-24(28(23)14-18-8-5-12-31-18)32-15-22(29)25-21-10-4-7-17-6-2-3-9-20(17)21/h2-4,6-7,9-11,13,18H,5,8,12,14-15H2,1H3,(H,25,29). The summed E-state index contributed by atoms with van der Waals surface area (Å²) in [7, 11) is 0. The third-order valence-corrected chi connectivity index (χ3v) is 6.59. The van der Waals surface area contributed by atoms with Gasteiger partial charge in [-0.25, -0.2) is 0 Å². The van der Waals surface area contributed by atoms with E-state index in [1.165, 1.54) is 11.8 Å². The molecule has 0 saturated carbocycles. The van der Waals surface area contributed by atoms with Gasteiger partial charge in [0.2, 0.25) is 5.91 Å². The predicted molar refractivity (Wildman–Crippen MR) is 125 cm³/mol. The van der Waals surface area contributed by atoms with Crippen molar-refractivity contribution in [2.75, 3.05) is 17.7 Å². The number of fused-ring (bicyclic) bond motifs is 1. The molecule has 1 amide bonds. The minimum absolute atomic E-state index is 0.0842. The highest BCUT2D eigenvalue weighted by molar-refractivity contribution is 7.99. The quantitative estimate of drug-likeness (QED) is 0.405. The van der Waals surface area contributed by atoms with Gasteiger partial charge in [-0.2, -0.15) is 0 Å². The van der Waals surface area contributed by atoms with Gasteiger partial charge in [-0.1, -0.05) is 48.2 Å². The molecule has 0 radical (unpaired) electrons. The second-order valence-electron chi connectivity index (χ2n) is 7.81. The van der Waals surface area contributed by atoms with Crippen LogP contribution in [0.1, 0.15) is 18.6 Å². The van der Waals surface area contributed by atoms with Gasteiger partial charge >= 0.3 is 0 Å². The highest BCUT2D eigenvalue weighted by Crippen LogP contribution is 2.29. The number of furan rings is 1. The lowest BCUT2D eigenvalue weighted by molar-refractivity contribution is -0.113. The van der Waals surface area contributed by atoms with Crippen molar-refractivity contribution in [2.45, 2.75) is 37.6 Å². The van der Waals surface area contributed by atoms with Crippen molar-refractivity contribution in [1.29, 1.82) is 0 Å². The van der Waals surface area contributed by atoms with Gasteiger partial charge in [0.05, 0.1) is 30.2 Å². The Hall–Kier alpha value is -3.10. The summed E-state index contributed by atoms with van der Waals surface area (Å²) < 4.78 is 13.4. The van der Waals surface area contributed by atoms with Crippen molar-refractivity contribution in [3.05, 3.63) is 60.6 Å². The molecule has 8 heteroatoms. The van der Waals surface area contributed by atoms with Crippen LogP contribution in [0.5, 0.6) is 0 Å². The van der Waals surface area contributed by atoms with Gasteiger partial charge < -0.3 is 14.5 Å². The second-order valence-corrected chi connectivity index (χ2v) is 8.75. The van der Waals surface area contributed by atoms with E-state index in [0.717, 1.165) is 53.1 Å². The Balaban J connectivity index is 1.33. The van der Waals surface area contributed by atoms with E-state index in [9.17, 15) is 4.79 Å². The molecule has 3 heterocycles. The average Bonchev–Trinajstić information content (AvgIpc) is 3.55. The summed E-state index contributed by atoms with van der Waals surface area (Å²) in [6.07, 6.45) is 3.84. The van der Waals surface area contributed by atoms with Gasteiger partial charge in [0.25, 0.3) is 0 Å². The van der Waals surface area contributed by atoms with Crippen molar-refractivity contribution in [2.24, 2.45) is 0 Å². The molecule has 2 aromatic carbocycles. The average molecular weight is 449 g/mol. The number of ether oxygens (including phenoxy) is 1. The first kappa shape index (κ1) is 20.8. The Bertz CT molecular complexity index is 1240. The van der Waals surface area contributed by atoms with E-state index in [0.29, 0.717) is 11.7 Å². The second kappa shape index (κ2) is 9.18. The lowest BCUT2D eigenvalue weighted by Crippen LogP contribution is -2.18. The zero-order chi connectivity index (χ0) is 21.9. The number of amides is 1. The van der Waals surface area contributed by atoms with Gasteiger partial charge in [0.15, 0.2) is 11.0 Å². The fraction of sp³-hybridized carbons (Fsp3) is 0.292. The SMILES string of the molecule is Cc1occc1-c1nnc(SCC(=O)Nc2cccc3ccccc23)n1CC1CCCO1. The number of hydrogen-bond donors (Lipinski definition) is 1. The number of benzene rings is 2. The van der Waals surface area contributed by atoms with Crippen molar-refractivity contribution >= 4 is 34.1 Å². The molecule has 1 unspecified atom stereocenters. The number of carbonyl (C=O) groups is 1. The first-order valence-corrected chi connectivity index (χ1v) is 11.7. The number of hydrogen-bond acceptors (Lipinski definition) is 6. The van der Waals surface area contributed by atoms with Crippen LogP contribution in [0, 0.1) is 6.92 Å². The van der Waals surface area contributed by atoms with Gasteiger partial charge in [-0.05, 0) is 37.3 Å². The zero-order valence-corrected chi connectivity index (χ0v) is 18.6. The molecule has 164 valence electrons. The summed E-state index contributed by atoms with van der Waals surface area (Å²) in [4.78, 5) is 12.7. The van der Waals surface area contributed by atoms with Gasteiger partial charge in [-0.3, -0.25) is 9.36 Å².